The van der Waals surface area contributed by atoms with Crippen molar-refractivity contribution in [1.82, 2.24) is 9.88 Å². The van der Waals surface area contributed by atoms with E-state index in [2.05, 4.69) is 53.5 Å². The van der Waals surface area contributed by atoms with Gasteiger partial charge in [-0.05, 0) is 73.4 Å². The van der Waals surface area contributed by atoms with Gasteiger partial charge in [0.25, 0.3) is 0 Å². The third-order valence-electron chi connectivity index (χ3n) is 8.07. The third kappa shape index (κ3) is 3.93. The van der Waals surface area contributed by atoms with Gasteiger partial charge in [-0.15, -0.1) is 0 Å². The maximum atomic E-state index is 13.4. The summed E-state index contributed by atoms with van der Waals surface area (Å²) in [6.45, 7) is 2.24. The minimum Gasteiger partial charge on any atom is -0.448 e. The highest BCUT2D eigenvalue weighted by molar-refractivity contribution is 5.98. The molecule has 6 rings (SSSR count). The number of hydrogen-bond acceptors (Lipinski definition) is 4. The number of carbonyl (C=O) groups excluding carboxylic acids is 2. The van der Waals surface area contributed by atoms with Gasteiger partial charge in [0, 0.05) is 41.4 Å². The first kappa shape index (κ1) is 22.0. The van der Waals surface area contributed by atoms with Crippen molar-refractivity contribution in [3.05, 3.63) is 89.2 Å². The molecule has 2 saturated heterocycles. The van der Waals surface area contributed by atoms with Crippen molar-refractivity contribution in [3.63, 3.8) is 0 Å². The van der Waals surface area contributed by atoms with E-state index in [1.165, 1.54) is 22.3 Å². The van der Waals surface area contributed by atoms with E-state index in [1.54, 1.807) is 6.20 Å². The summed E-state index contributed by atoms with van der Waals surface area (Å²) in [7, 11) is 0. The molecule has 2 atom stereocenters. The lowest BCUT2D eigenvalue weighted by atomic mass is 9.76. The van der Waals surface area contributed by atoms with Crippen LogP contribution in [0.5, 0.6) is 0 Å². The lowest BCUT2D eigenvalue weighted by molar-refractivity contribution is 0.00651. The number of ether oxygens (including phenoxy) is 1. The normalized spacial score (nSPS) is 22.9. The fraction of sp³-hybridized carbons (Fsp3) is 0.367. The topological polar surface area (TPSA) is 59.5 Å². The quantitative estimate of drug-likeness (QED) is 0.433. The smallest absolute Gasteiger partial charge is 0.410 e. The summed E-state index contributed by atoms with van der Waals surface area (Å²) in [6, 6.07) is 20.6. The van der Waals surface area contributed by atoms with Gasteiger partial charge >= 0.3 is 6.09 Å². The van der Waals surface area contributed by atoms with Crippen LogP contribution in [0.4, 0.5) is 4.79 Å². The molecule has 0 saturated carbocycles. The summed E-state index contributed by atoms with van der Waals surface area (Å²) >= 11 is 0. The number of piperidine rings is 2. The molecule has 0 spiro atoms. The minimum atomic E-state index is -0.229. The zero-order valence-corrected chi connectivity index (χ0v) is 20.0. The van der Waals surface area contributed by atoms with Crippen molar-refractivity contribution in [2.45, 2.75) is 57.0 Å². The lowest BCUT2D eigenvalue weighted by Gasteiger charge is -2.47. The number of aryl methyl sites for hydroxylation is 1. The van der Waals surface area contributed by atoms with E-state index in [-0.39, 0.29) is 35.8 Å². The van der Waals surface area contributed by atoms with E-state index in [9.17, 15) is 9.59 Å². The zero-order chi connectivity index (χ0) is 23.9. The van der Waals surface area contributed by atoms with Crippen molar-refractivity contribution in [2.24, 2.45) is 5.92 Å². The predicted molar refractivity (Wildman–Crippen MR) is 134 cm³/mol. The van der Waals surface area contributed by atoms with E-state index < -0.39 is 0 Å². The molecular weight excluding hydrogens is 436 g/mol. The maximum absolute atomic E-state index is 13.4. The number of hydrogen-bond donors (Lipinski definition) is 0. The van der Waals surface area contributed by atoms with Crippen molar-refractivity contribution in [3.8, 4) is 11.1 Å². The van der Waals surface area contributed by atoms with Crippen LogP contribution in [0.3, 0.4) is 0 Å². The average Bonchev–Trinajstić information content (AvgIpc) is 3.20. The summed E-state index contributed by atoms with van der Waals surface area (Å²) < 4.78 is 6.01. The molecule has 2 aliphatic heterocycles. The van der Waals surface area contributed by atoms with E-state index >= 15 is 0 Å². The largest absolute Gasteiger partial charge is 0.448 e. The Morgan fingerprint density at radius 3 is 2.20 bits per heavy atom. The van der Waals surface area contributed by atoms with E-state index in [1.807, 2.05) is 24.0 Å². The zero-order valence-electron chi connectivity index (χ0n) is 20.0. The molecule has 1 aliphatic carbocycles. The van der Waals surface area contributed by atoms with Crippen molar-refractivity contribution < 1.29 is 14.3 Å². The van der Waals surface area contributed by atoms with E-state index in [0.717, 1.165) is 30.5 Å². The average molecular weight is 467 g/mol. The molecule has 2 unspecified atom stereocenters. The SMILES string of the molecule is Cc1cc(C(=O)C2CC3CCCC(C2)N3C(=O)OCC2c3ccccc3-c3ccccc32)ccn1. The molecule has 3 aliphatic rings. The second kappa shape index (κ2) is 8.95. The van der Waals surface area contributed by atoms with Crippen LogP contribution in [-0.4, -0.2) is 40.5 Å². The first-order valence-electron chi connectivity index (χ1n) is 12.7. The Balaban J connectivity index is 1.17. The van der Waals surface area contributed by atoms with Crippen LogP contribution >= 0.6 is 0 Å². The molecule has 2 bridgehead atoms. The molecule has 1 aromatic heterocycles. The Morgan fingerprint density at radius 2 is 1.57 bits per heavy atom. The monoisotopic (exact) mass is 466 g/mol. The van der Waals surface area contributed by atoms with Crippen LogP contribution in [0.2, 0.25) is 0 Å². The van der Waals surface area contributed by atoms with Crippen LogP contribution in [0, 0.1) is 12.8 Å². The van der Waals surface area contributed by atoms with Crippen LogP contribution in [0.25, 0.3) is 11.1 Å². The molecule has 35 heavy (non-hydrogen) atoms. The lowest BCUT2D eigenvalue weighted by Crippen LogP contribution is -2.55. The first-order chi connectivity index (χ1) is 17.1. The predicted octanol–water partition coefficient (Wildman–Crippen LogP) is 6.15. The standard InChI is InChI=1S/C30H30N2O3/c1-19-15-20(13-14-31-19)29(33)21-16-22-7-6-8-23(17-21)32(22)30(34)35-18-28-26-11-4-2-9-24(26)25-10-3-5-12-27(25)28/h2-5,9-15,21-23,28H,6-8,16-18H2,1H3. The Hall–Kier alpha value is -3.47. The molecule has 3 heterocycles. The summed E-state index contributed by atoms with van der Waals surface area (Å²) in [5, 5.41) is 0. The molecule has 1 amide bonds. The molecule has 0 radical (unpaired) electrons. The van der Waals surface area contributed by atoms with Crippen LogP contribution in [-0.2, 0) is 4.74 Å². The number of fused-ring (bicyclic) bond motifs is 5. The molecule has 5 heteroatoms. The number of amides is 1. The van der Waals surface area contributed by atoms with Gasteiger partial charge in [0.15, 0.2) is 5.78 Å². The summed E-state index contributed by atoms with van der Waals surface area (Å²) in [4.78, 5) is 32.8. The van der Waals surface area contributed by atoms with Gasteiger partial charge in [0.1, 0.15) is 6.61 Å². The highest BCUT2D eigenvalue weighted by Gasteiger charge is 2.44. The first-order valence-corrected chi connectivity index (χ1v) is 12.7. The van der Waals surface area contributed by atoms with Crippen LogP contribution in [0.1, 0.15) is 65.2 Å². The van der Waals surface area contributed by atoms with Crippen LogP contribution < -0.4 is 0 Å². The summed E-state index contributed by atoms with van der Waals surface area (Å²) in [5.74, 6) is 0.185. The molecule has 0 N–H and O–H groups in total. The van der Waals surface area contributed by atoms with Gasteiger partial charge in [-0.25, -0.2) is 4.79 Å². The highest BCUT2D eigenvalue weighted by Crippen LogP contribution is 2.45. The van der Waals surface area contributed by atoms with E-state index in [4.69, 9.17) is 4.74 Å². The number of nitrogens with zero attached hydrogens (tertiary/aromatic N) is 2. The maximum Gasteiger partial charge on any atom is 0.410 e. The van der Waals surface area contributed by atoms with Gasteiger partial charge < -0.3 is 9.64 Å². The number of Topliss-reactive ketones (excluding diaryl/α,β-unsaturated/α-hetero) is 1. The molecular formula is C30H30N2O3. The number of aromatic nitrogens is 1. The summed E-state index contributed by atoms with van der Waals surface area (Å²) in [6.07, 6.45) is 5.85. The molecule has 2 aromatic carbocycles. The summed E-state index contributed by atoms with van der Waals surface area (Å²) in [5.41, 5.74) is 6.48. The van der Waals surface area contributed by atoms with Crippen molar-refractivity contribution in [1.29, 1.82) is 0 Å². The molecule has 2 fully saturated rings. The van der Waals surface area contributed by atoms with Crippen molar-refractivity contribution >= 4 is 11.9 Å². The third-order valence-corrected chi connectivity index (χ3v) is 8.07. The van der Waals surface area contributed by atoms with Gasteiger partial charge in [-0.1, -0.05) is 48.5 Å². The number of benzene rings is 2. The fourth-order valence-corrected chi connectivity index (χ4v) is 6.50. The number of pyridine rings is 1. The Kier molecular flexibility index (Phi) is 5.63. The Morgan fingerprint density at radius 1 is 0.943 bits per heavy atom. The van der Waals surface area contributed by atoms with Gasteiger partial charge in [-0.3, -0.25) is 9.78 Å². The number of rotatable bonds is 4. The molecule has 3 aromatic rings. The molecule has 5 nitrogen and oxygen atoms in total. The minimum absolute atomic E-state index is 0.0512. The van der Waals surface area contributed by atoms with E-state index in [0.29, 0.717) is 19.4 Å². The van der Waals surface area contributed by atoms with Gasteiger partial charge in [-0.2, -0.15) is 0 Å². The van der Waals surface area contributed by atoms with Gasteiger partial charge in [0.05, 0.1) is 0 Å². The second-order valence-electron chi connectivity index (χ2n) is 10.2. The van der Waals surface area contributed by atoms with Crippen LogP contribution in [0.15, 0.2) is 66.9 Å². The Labute approximate surface area is 206 Å². The highest BCUT2D eigenvalue weighted by atomic mass is 16.6. The van der Waals surface area contributed by atoms with Crippen molar-refractivity contribution in [2.75, 3.05) is 6.61 Å². The fourth-order valence-electron chi connectivity index (χ4n) is 6.50. The number of carbonyl (C=O) groups is 2. The molecule has 178 valence electrons. The number of ketones is 1. The second-order valence-corrected chi connectivity index (χ2v) is 10.2. The Bertz CT molecular complexity index is 1230. The van der Waals surface area contributed by atoms with Gasteiger partial charge in [0.2, 0.25) is 0 Å².